The number of nitrogens with one attached hydrogen (secondary N) is 1. The molecule has 0 heterocycles. The molecule has 6 heteroatoms. The topological polar surface area (TPSA) is 95.9 Å². The molecule has 0 aliphatic carbocycles. The lowest BCUT2D eigenvalue weighted by molar-refractivity contribution is -0.143. The predicted octanol–water partition coefficient (Wildman–Crippen LogP) is 22.2. The average molecular weight is 1060 g/mol. The van der Waals surface area contributed by atoms with E-state index in [4.69, 9.17) is 4.74 Å². The third-order valence-corrected chi connectivity index (χ3v) is 16.7. The zero-order valence-corrected chi connectivity index (χ0v) is 51.3. The van der Waals surface area contributed by atoms with E-state index >= 15 is 0 Å². The van der Waals surface area contributed by atoms with Crippen molar-refractivity contribution in [2.45, 2.75) is 418 Å². The van der Waals surface area contributed by atoms with Crippen LogP contribution in [0.4, 0.5) is 0 Å². The van der Waals surface area contributed by atoms with E-state index in [1.54, 1.807) is 0 Å². The number of rotatable bonds is 66. The lowest BCUT2D eigenvalue weighted by atomic mass is 10.0. The van der Waals surface area contributed by atoms with Crippen LogP contribution in [0.2, 0.25) is 0 Å². The normalized spacial score (nSPS) is 12.4. The smallest absolute Gasteiger partial charge is 0.305 e. The Morgan fingerprint density at radius 2 is 0.547 bits per heavy atom. The first-order chi connectivity index (χ1) is 37.0. The van der Waals surface area contributed by atoms with Gasteiger partial charge < -0.3 is 20.3 Å². The monoisotopic (exact) mass is 1060 g/mol. The molecule has 1 amide bonds. The number of esters is 1. The zero-order chi connectivity index (χ0) is 54.3. The molecule has 0 radical (unpaired) electrons. The molecular formula is C69H137NO5. The van der Waals surface area contributed by atoms with Gasteiger partial charge in [0.25, 0.3) is 0 Å². The highest BCUT2D eigenvalue weighted by atomic mass is 16.5. The van der Waals surface area contributed by atoms with Crippen molar-refractivity contribution in [3.63, 3.8) is 0 Å². The summed E-state index contributed by atoms with van der Waals surface area (Å²) in [6.45, 7) is 5.00. The van der Waals surface area contributed by atoms with Crippen LogP contribution in [-0.2, 0) is 14.3 Å². The summed E-state index contributed by atoms with van der Waals surface area (Å²) in [5.74, 6) is -0.00876. The lowest BCUT2D eigenvalue weighted by Crippen LogP contribution is -2.45. The average Bonchev–Trinajstić information content (AvgIpc) is 3.41. The van der Waals surface area contributed by atoms with Gasteiger partial charge >= 0.3 is 5.97 Å². The number of carbonyl (C=O) groups excluding carboxylic acids is 2. The Hall–Kier alpha value is -1.14. The van der Waals surface area contributed by atoms with Gasteiger partial charge in [-0.15, -0.1) is 0 Å². The van der Waals surface area contributed by atoms with E-state index < -0.39 is 12.1 Å². The first-order valence-corrected chi connectivity index (χ1v) is 34.8. The maximum atomic E-state index is 12.5. The van der Waals surface area contributed by atoms with Crippen LogP contribution in [-0.4, -0.2) is 47.4 Å². The summed E-state index contributed by atoms with van der Waals surface area (Å²) in [5.41, 5.74) is 0. The molecule has 0 aromatic carbocycles. The zero-order valence-electron chi connectivity index (χ0n) is 51.3. The van der Waals surface area contributed by atoms with Crippen molar-refractivity contribution in [1.82, 2.24) is 5.32 Å². The molecule has 2 unspecified atom stereocenters. The molecule has 75 heavy (non-hydrogen) atoms. The van der Waals surface area contributed by atoms with E-state index in [9.17, 15) is 19.8 Å². The van der Waals surface area contributed by atoms with Gasteiger partial charge in [0.15, 0.2) is 0 Å². The van der Waals surface area contributed by atoms with Gasteiger partial charge in [0.2, 0.25) is 5.91 Å². The van der Waals surface area contributed by atoms with E-state index in [-0.39, 0.29) is 18.5 Å². The van der Waals surface area contributed by atoms with Crippen LogP contribution in [0, 0.1) is 0 Å². The summed E-state index contributed by atoms with van der Waals surface area (Å²) in [7, 11) is 0. The number of aliphatic hydroxyl groups is 2. The molecule has 0 spiro atoms. The summed E-state index contributed by atoms with van der Waals surface area (Å²) < 4.78 is 5.50. The minimum absolute atomic E-state index is 0.0203. The van der Waals surface area contributed by atoms with Gasteiger partial charge in [-0.05, 0) is 25.7 Å². The fraction of sp³-hybridized carbons (Fsp3) is 0.971. The quantitative estimate of drug-likeness (QED) is 0.0417. The van der Waals surface area contributed by atoms with E-state index in [1.165, 1.54) is 334 Å². The number of amides is 1. The van der Waals surface area contributed by atoms with Crippen molar-refractivity contribution in [2.24, 2.45) is 0 Å². The van der Waals surface area contributed by atoms with E-state index in [0.717, 1.165) is 38.5 Å². The summed E-state index contributed by atoms with van der Waals surface area (Å²) in [6.07, 6.45) is 78.5. The summed E-state index contributed by atoms with van der Waals surface area (Å²) >= 11 is 0. The Bertz CT molecular complexity index is 1080. The number of hydrogen-bond acceptors (Lipinski definition) is 5. The first kappa shape index (κ1) is 73.9. The third kappa shape index (κ3) is 61.9. The molecule has 0 bridgehead atoms. The molecule has 0 saturated carbocycles. The molecule has 2 atom stereocenters. The van der Waals surface area contributed by atoms with Crippen molar-refractivity contribution in [3.8, 4) is 0 Å². The highest BCUT2D eigenvalue weighted by Gasteiger charge is 2.20. The molecular weight excluding hydrogens is 923 g/mol. The fourth-order valence-electron chi connectivity index (χ4n) is 11.4. The van der Waals surface area contributed by atoms with Crippen molar-refractivity contribution in [2.75, 3.05) is 13.2 Å². The maximum absolute atomic E-state index is 12.5. The molecule has 0 saturated heterocycles. The number of unbranched alkanes of at least 4 members (excludes halogenated alkanes) is 55. The molecule has 0 aromatic rings. The predicted molar refractivity (Wildman–Crippen MR) is 329 cm³/mol. The molecule has 0 fully saturated rings. The lowest BCUT2D eigenvalue weighted by Gasteiger charge is -2.22. The minimum Gasteiger partial charge on any atom is -0.466 e. The van der Waals surface area contributed by atoms with E-state index in [0.29, 0.717) is 25.9 Å². The van der Waals surface area contributed by atoms with E-state index in [1.807, 2.05) is 0 Å². The molecule has 0 aliphatic rings. The molecule has 0 aromatic heterocycles. The van der Waals surface area contributed by atoms with Gasteiger partial charge in [-0.25, -0.2) is 0 Å². The van der Waals surface area contributed by atoms with Crippen molar-refractivity contribution in [3.05, 3.63) is 0 Å². The standard InChI is InChI=1S/C69H137NO5/c1-3-5-7-9-11-13-15-17-19-21-30-33-37-41-45-49-53-57-61-67(72)66(65-71)70-68(73)62-58-54-50-46-42-38-34-31-28-26-24-22-23-25-27-29-32-36-40-44-48-52-56-60-64-75-69(74)63-59-55-51-47-43-39-35-20-18-16-14-12-10-8-6-4-2/h66-67,71-72H,3-65H2,1-2H3,(H,70,73). The summed E-state index contributed by atoms with van der Waals surface area (Å²) in [6, 6.07) is -0.540. The molecule has 448 valence electrons. The number of ether oxygens (including phenoxy) is 1. The molecule has 0 rings (SSSR count). The number of hydrogen-bond donors (Lipinski definition) is 3. The van der Waals surface area contributed by atoms with Gasteiger partial charge in [-0.1, -0.05) is 367 Å². The van der Waals surface area contributed by atoms with Crippen LogP contribution in [0.25, 0.3) is 0 Å². The Balaban J connectivity index is 3.34. The van der Waals surface area contributed by atoms with Gasteiger partial charge in [0.1, 0.15) is 0 Å². The van der Waals surface area contributed by atoms with Crippen LogP contribution in [0.15, 0.2) is 0 Å². The SMILES string of the molecule is CCCCCCCCCCCCCCCCCCCCC(O)C(CO)NC(=O)CCCCCCCCCCCCCCCCCCCCCCCCCCOC(=O)CCCCCCCCCCCCCCCCCC. The number of aliphatic hydroxyl groups excluding tert-OH is 2. The largest absolute Gasteiger partial charge is 0.466 e. The van der Waals surface area contributed by atoms with Crippen LogP contribution in [0.1, 0.15) is 406 Å². The van der Waals surface area contributed by atoms with Crippen LogP contribution in [0.3, 0.4) is 0 Å². The third-order valence-electron chi connectivity index (χ3n) is 16.7. The van der Waals surface area contributed by atoms with Gasteiger partial charge in [0, 0.05) is 12.8 Å². The highest BCUT2D eigenvalue weighted by Crippen LogP contribution is 2.19. The fourth-order valence-corrected chi connectivity index (χ4v) is 11.4. The van der Waals surface area contributed by atoms with Crippen LogP contribution < -0.4 is 5.32 Å². The van der Waals surface area contributed by atoms with Crippen LogP contribution in [0.5, 0.6) is 0 Å². The second kappa shape index (κ2) is 65.4. The Morgan fingerprint density at radius 1 is 0.320 bits per heavy atom. The second-order valence-electron chi connectivity index (χ2n) is 24.2. The molecule has 6 nitrogen and oxygen atoms in total. The van der Waals surface area contributed by atoms with Gasteiger partial charge in [0.05, 0.1) is 25.4 Å². The Kier molecular flexibility index (Phi) is 64.4. The van der Waals surface area contributed by atoms with Crippen molar-refractivity contribution in [1.29, 1.82) is 0 Å². The molecule has 3 N–H and O–H groups in total. The van der Waals surface area contributed by atoms with E-state index in [2.05, 4.69) is 19.2 Å². The van der Waals surface area contributed by atoms with Crippen LogP contribution >= 0.6 is 0 Å². The highest BCUT2D eigenvalue weighted by molar-refractivity contribution is 5.76. The second-order valence-corrected chi connectivity index (χ2v) is 24.2. The van der Waals surface area contributed by atoms with Crippen molar-refractivity contribution >= 4 is 11.9 Å². The summed E-state index contributed by atoms with van der Waals surface area (Å²) in [5, 5.41) is 23.4. The summed E-state index contributed by atoms with van der Waals surface area (Å²) in [4.78, 5) is 24.6. The first-order valence-electron chi connectivity index (χ1n) is 34.8. The maximum Gasteiger partial charge on any atom is 0.305 e. The Morgan fingerprint density at radius 3 is 0.813 bits per heavy atom. The Labute approximate surface area is 470 Å². The molecule has 0 aliphatic heterocycles. The number of carbonyl (C=O) groups is 2. The van der Waals surface area contributed by atoms with Gasteiger partial charge in [-0.2, -0.15) is 0 Å². The minimum atomic E-state index is -0.663. The van der Waals surface area contributed by atoms with Crippen molar-refractivity contribution < 1.29 is 24.5 Å². The van der Waals surface area contributed by atoms with Gasteiger partial charge in [-0.3, -0.25) is 9.59 Å².